The molecule has 1 aliphatic heterocycles. The molecule has 1 aliphatic rings. The van der Waals surface area contributed by atoms with Gasteiger partial charge in [-0.3, -0.25) is 0 Å². The second-order valence-corrected chi connectivity index (χ2v) is 6.42. The summed E-state index contributed by atoms with van der Waals surface area (Å²) in [5.74, 6) is 0. The van der Waals surface area contributed by atoms with E-state index in [0.717, 1.165) is 28.3 Å². The van der Waals surface area contributed by atoms with Gasteiger partial charge in [0, 0.05) is 43.4 Å². The Balaban J connectivity index is 0.00000192. The van der Waals surface area contributed by atoms with Crippen molar-refractivity contribution < 1.29 is 20.1 Å². The number of anilines is 2. The van der Waals surface area contributed by atoms with Crippen LogP contribution in [0.5, 0.6) is 0 Å². The van der Waals surface area contributed by atoms with Crippen LogP contribution in [0.2, 0.25) is 0 Å². The van der Waals surface area contributed by atoms with Crippen LogP contribution in [-0.4, -0.2) is 4.98 Å². The van der Waals surface area contributed by atoms with Crippen molar-refractivity contribution >= 4 is 17.1 Å². The fraction of sp³-hybridized carbons (Fsp3) is 0. The van der Waals surface area contributed by atoms with E-state index < -0.39 is 0 Å². The van der Waals surface area contributed by atoms with Crippen molar-refractivity contribution in [2.75, 3.05) is 4.90 Å². The molecule has 0 aliphatic carbocycles. The molecule has 1 radical (unpaired) electrons. The van der Waals surface area contributed by atoms with Crippen LogP contribution < -0.4 is 4.90 Å². The number of aromatic nitrogens is 1. The molecule has 0 bridgehead atoms. The van der Waals surface area contributed by atoms with Gasteiger partial charge in [-0.15, -0.1) is 23.8 Å². The quantitative estimate of drug-likeness (QED) is 0.288. The summed E-state index contributed by atoms with van der Waals surface area (Å²) in [5.41, 5.74) is 7.50. The van der Waals surface area contributed by atoms with Gasteiger partial charge in [-0.1, -0.05) is 66.2 Å². The minimum absolute atomic E-state index is 0. The zero-order valence-electron chi connectivity index (χ0n) is 15.0. The molecule has 3 heteroatoms. The first-order valence-corrected chi connectivity index (χ1v) is 9.01. The average molecular weight is 538 g/mol. The van der Waals surface area contributed by atoms with Gasteiger partial charge in [0.15, 0.2) is 0 Å². The Bertz CT molecular complexity index is 1120. The van der Waals surface area contributed by atoms with Gasteiger partial charge >= 0.3 is 0 Å². The molecule has 0 N–H and O–H groups in total. The predicted molar refractivity (Wildman–Crippen MR) is 110 cm³/mol. The van der Waals surface area contributed by atoms with Crippen molar-refractivity contribution in [3.05, 3.63) is 121 Å². The Kier molecular flexibility index (Phi) is 5.20. The van der Waals surface area contributed by atoms with Gasteiger partial charge in [0.2, 0.25) is 0 Å². The van der Waals surface area contributed by atoms with Crippen LogP contribution >= 0.6 is 0 Å². The molecule has 0 amide bonds. The van der Waals surface area contributed by atoms with E-state index in [1.165, 1.54) is 11.1 Å². The molecule has 4 aromatic rings. The first kappa shape index (κ1) is 18.4. The summed E-state index contributed by atoms with van der Waals surface area (Å²) in [6.07, 6.45) is 5.48. The number of nitrogens with zero attached hydrogens (tertiary/aromatic N) is 2. The van der Waals surface area contributed by atoms with Crippen LogP contribution in [0.4, 0.5) is 11.4 Å². The van der Waals surface area contributed by atoms with Gasteiger partial charge in [0.1, 0.15) is 0 Å². The third-order valence-electron chi connectivity index (χ3n) is 4.76. The van der Waals surface area contributed by atoms with Gasteiger partial charge in [-0.25, -0.2) is 0 Å². The maximum atomic E-state index is 4.62. The number of hydrogen-bond donors (Lipinski definition) is 0. The molecule has 2 nitrogen and oxygen atoms in total. The number of fused-ring (bicyclic) bond motifs is 3. The van der Waals surface area contributed by atoms with Crippen LogP contribution in [-0.2, 0) is 20.1 Å². The summed E-state index contributed by atoms with van der Waals surface area (Å²) in [4.78, 5) is 6.87. The summed E-state index contributed by atoms with van der Waals surface area (Å²) in [6, 6.07) is 33.3. The Morgan fingerprint density at radius 3 is 2.11 bits per heavy atom. The van der Waals surface area contributed by atoms with Crippen LogP contribution in [0.1, 0.15) is 11.3 Å². The van der Waals surface area contributed by atoms with Gasteiger partial charge in [-0.2, -0.15) is 0 Å². The minimum atomic E-state index is 0. The Morgan fingerprint density at radius 1 is 0.643 bits per heavy atom. The second-order valence-electron chi connectivity index (χ2n) is 6.42. The Morgan fingerprint density at radius 2 is 1.32 bits per heavy atom. The first-order valence-electron chi connectivity index (χ1n) is 9.01. The molecular formula is C25H17IrN2-. The molecule has 0 unspecified atom stereocenters. The summed E-state index contributed by atoms with van der Waals surface area (Å²) in [6.45, 7) is 0. The Labute approximate surface area is 178 Å². The minimum Gasteiger partial charge on any atom is -0.326 e. The molecule has 0 spiro atoms. The van der Waals surface area contributed by atoms with Crippen molar-refractivity contribution in [1.82, 2.24) is 4.98 Å². The predicted octanol–water partition coefficient (Wildman–Crippen LogP) is 6.09. The molecule has 137 valence electrons. The molecule has 0 saturated carbocycles. The van der Waals surface area contributed by atoms with E-state index >= 15 is 0 Å². The van der Waals surface area contributed by atoms with Crippen LogP contribution in [0.3, 0.4) is 0 Å². The van der Waals surface area contributed by atoms with E-state index in [9.17, 15) is 0 Å². The third kappa shape index (κ3) is 3.20. The van der Waals surface area contributed by atoms with E-state index in [1.54, 1.807) is 0 Å². The maximum Gasteiger partial charge on any atom is 0.0444 e. The first-order chi connectivity index (χ1) is 13.4. The number of pyridine rings is 1. The number of para-hydroxylation sites is 2. The largest absolute Gasteiger partial charge is 0.326 e. The van der Waals surface area contributed by atoms with Gasteiger partial charge in [0.05, 0.1) is 0 Å². The van der Waals surface area contributed by atoms with Crippen molar-refractivity contribution in [3.8, 4) is 11.1 Å². The average Bonchev–Trinajstić information content (AvgIpc) is 2.90. The Hall–Kier alpha value is -3.00. The fourth-order valence-electron chi connectivity index (χ4n) is 3.55. The van der Waals surface area contributed by atoms with Crippen LogP contribution in [0, 0.1) is 6.08 Å². The van der Waals surface area contributed by atoms with Crippen molar-refractivity contribution in [3.63, 3.8) is 0 Å². The van der Waals surface area contributed by atoms with E-state index in [-0.39, 0.29) is 20.1 Å². The summed E-state index contributed by atoms with van der Waals surface area (Å²) < 4.78 is 0. The van der Waals surface area contributed by atoms with E-state index in [2.05, 4.69) is 88.8 Å². The molecule has 5 rings (SSSR count). The number of benzene rings is 3. The molecule has 0 fully saturated rings. The second kappa shape index (κ2) is 7.93. The smallest absolute Gasteiger partial charge is 0.0444 e. The summed E-state index contributed by atoms with van der Waals surface area (Å²) in [5, 5.41) is 0. The van der Waals surface area contributed by atoms with E-state index in [1.807, 2.05) is 30.5 Å². The van der Waals surface area contributed by atoms with E-state index in [4.69, 9.17) is 0 Å². The maximum absolute atomic E-state index is 4.62. The van der Waals surface area contributed by atoms with Crippen molar-refractivity contribution in [1.29, 1.82) is 0 Å². The summed E-state index contributed by atoms with van der Waals surface area (Å²) in [7, 11) is 0. The number of hydrogen-bond acceptors (Lipinski definition) is 2. The molecule has 28 heavy (non-hydrogen) atoms. The monoisotopic (exact) mass is 538 g/mol. The molecule has 0 saturated heterocycles. The molecular weight excluding hydrogens is 521 g/mol. The molecule has 3 aromatic carbocycles. The topological polar surface area (TPSA) is 16.1 Å². The van der Waals surface area contributed by atoms with Crippen LogP contribution in [0.15, 0.2) is 103 Å². The fourth-order valence-corrected chi connectivity index (χ4v) is 3.55. The zero-order chi connectivity index (χ0) is 18.1. The third-order valence-corrected chi connectivity index (χ3v) is 4.76. The van der Waals surface area contributed by atoms with Gasteiger partial charge in [0.25, 0.3) is 0 Å². The van der Waals surface area contributed by atoms with Crippen LogP contribution in [0.25, 0.3) is 16.8 Å². The van der Waals surface area contributed by atoms with E-state index in [0.29, 0.717) is 0 Å². The number of rotatable bonds is 2. The molecule has 1 aromatic heterocycles. The molecule has 2 heterocycles. The van der Waals surface area contributed by atoms with Gasteiger partial charge < -0.3 is 9.88 Å². The molecule has 0 atom stereocenters. The zero-order valence-corrected chi connectivity index (χ0v) is 17.4. The normalized spacial score (nSPS) is 12.1. The SMILES string of the molecule is [C-]1=C(c2ccccn2)N(c2ccccc2)c2ccccc2-c2ccccc21.[Ir]. The van der Waals surface area contributed by atoms with Gasteiger partial charge in [-0.05, 0) is 35.5 Å². The summed E-state index contributed by atoms with van der Waals surface area (Å²) >= 11 is 0. The standard InChI is InChI=1S/C25H17N2.Ir/c1-2-11-20(12-3-1)27-24-16-7-6-14-22(24)21-13-5-4-10-19(21)18-25(27)23-15-8-9-17-26-23;/h1-17H;/q-1;. The van der Waals surface area contributed by atoms with Crippen molar-refractivity contribution in [2.45, 2.75) is 0 Å². The van der Waals surface area contributed by atoms with Crippen molar-refractivity contribution in [2.24, 2.45) is 0 Å².